The molecule has 3 unspecified atom stereocenters. The number of carbonyl (C=O) groups is 1. The lowest BCUT2D eigenvalue weighted by Crippen LogP contribution is -2.38. The average Bonchev–Trinajstić information content (AvgIpc) is 2.96. The van der Waals surface area contributed by atoms with Gasteiger partial charge in [0.15, 0.2) is 0 Å². The second-order valence-corrected chi connectivity index (χ2v) is 6.15. The predicted molar refractivity (Wildman–Crippen MR) is 75.8 cm³/mol. The summed E-state index contributed by atoms with van der Waals surface area (Å²) < 4.78 is 5.66. The summed E-state index contributed by atoms with van der Waals surface area (Å²) in [5.74, 6) is 0.644. The molecular weight excluding hydrogens is 240 g/mol. The number of hydrogen-bond acceptors (Lipinski definition) is 3. The van der Waals surface area contributed by atoms with Crippen LogP contribution in [0.3, 0.4) is 0 Å². The first kappa shape index (κ1) is 14.8. The van der Waals surface area contributed by atoms with Gasteiger partial charge in [-0.05, 0) is 31.6 Å². The molecule has 2 rings (SSSR count). The van der Waals surface area contributed by atoms with Crippen molar-refractivity contribution in [2.24, 2.45) is 5.92 Å². The lowest BCUT2D eigenvalue weighted by molar-refractivity contribution is -0.131. The topological polar surface area (TPSA) is 41.6 Å². The van der Waals surface area contributed by atoms with Gasteiger partial charge < -0.3 is 9.64 Å². The molecule has 0 radical (unpaired) electrons. The zero-order chi connectivity index (χ0) is 13.8. The summed E-state index contributed by atoms with van der Waals surface area (Å²) in [5.41, 5.74) is 0. The molecule has 3 atom stereocenters. The molecule has 0 aromatic heterocycles. The highest BCUT2D eigenvalue weighted by Crippen LogP contribution is 2.22. The molecule has 2 aliphatic rings. The third kappa shape index (κ3) is 3.48. The molecule has 0 aliphatic carbocycles. The molecule has 2 heterocycles. The Balaban J connectivity index is 1.92. The number of hydrogen-bond donors (Lipinski definition) is 1. The molecular formula is C15H28N2O2. The molecule has 1 N–H and O–H groups in total. The zero-order valence-corrected chi connectivity index (χ0v) is 12.5. The Hall–Kier alpha value is -0.610. The molecule has 2 aliphatic heterocycles. The maximum absolute atomic E-state index is 12.5. The lowest BCUT2D eigenvalue weighted by atomic mass is 10.0. The van der Waals surface area contributed by atoms with Crippen LogP contribution in [0.5, 0.6) is 0 Å². The molecule has 110 valence electrons. The first-order valence-corrected chi connectivity index (χ1v) is 7.81. The van der Waals surface area contributed by atoms with Crippen molar-refractivity contribution in [3.8, 4) is 0 Å². The maximum atomic E-state index is 12.5. The molecule has 4 nitrogen and oxygen atoms in total. The van der Waals surface area contributed by atoms with Crippen LogP contribution in [-0.4, -0.2) is 42.3 Å². The van der Waals surface area contributed by atoms with Gasteiger partial charge in [0.2, 0.25) is 5.91 Å². The minimum Gasteiger partial charge on any atom is -0.378 e. The fourth-order valence-corrected chi connectivity index (χ4v) is 3.11. The fraction of sp³-hybridized carbons (Fsp3) is 0.933. The van der Waals surface area contributed by atoms with Crippen molar-refractivity contribution in [2.45, 2.75) is 71.2 Å². The minimum absolute atomic E-state index is 0.000969. The van der Waals surface area contributed by atoms with E-state index in [-0.39, 0.29) is 18.1 Å². The maximum Gasteiger partial charge on any atom is 0.241 e. The summed E-state index contributed by atoms with van der Waals surface area (Å²) in [7, 11) is 0. The zero-order valence-electron chi connectivity index (χ0n) is 12.5. The Labute approximate surface area is 116 Å². The van der Waals surface area contributed by atoms with Crippen LogP contribution in [0.15, 0.2) is 0 Å². The lowest BCUT2D eigenvalue weighted by Gasteiger charge is -2.25. The second-order valence-electron chi connectivity index (χ2n) is 6.15. The molecule has 0 saturated carbocycles. The standard InChI is InChI=1S/C15H28N2O2/c1-4-6-13-16-14(11(2)3)15(18)17(13)9-8-12-7-5-10-19-12/h11-14,16H,4-10H2,1-3H3. The Morgan fingerprint density at radius 1 is 1.42 bits per heavy atom. The third-order valence-electron chi connectivity index (χ3n) is 4.24. The Morgan fingerprint density at radius 2 is 2.21 bits per heavy atom. The Kier molecular flexibility index (Phi) is 5.22. The second kappa shape index (κ2) is 6.71. The van der Waals surface area contributed by atoms with Crippen molar-refractivity contribution in [2.75, 3.05) is 13.2 Å². The van der Waals surface area contributed by atoms with Crippen molar-refractivity contribution in [1.29, 1.82) is 0 Å². The van der Waals surface area contributed by atoms with Gasteiger partial charge in [-0.1, -0.05) is 27.2 Å². The fourth-order valence-electron chi connectivity index (χ4n) is 3.11. The van der Waals surface area contributed by atoms with Gasteiger partial charge in [0, 0.05) is 13.2 Å². The van der Waals surface area contributed by atoms with E-state index in [4.69, 9.17) is 4.74 Å². The monoisotopic (exact) mass is 268 g/mol. The van der Waals surface area contributed by atoms with Gasteiger partial charge in [-0.15, -0.1) is 0 Å². The van der Waals surface area contributed by atoms with E-state index in [9.17, 15) is 4.79 Å². The summed E-state index contributed by atoms with van der Waals surface area (Å²) in [6.45, 7) is 8.13. The van der Waals surface area contributed by atoms with Crippen LogP contribution < -0.4 is 5.32 Å². The van der Waals surface area contributed by atoms with Crippen LogP contribution in [0.2, 0.25) is 0 Å². The van der Waals surface area contributed by atoms with Crippen LogP contribution in [0.4, 0.5) is 0 Å². The highest BCUT2D eigenvalue weighted by Gasteiger charge is 2.39. The van der Waals surface area contributed by atoms with Gasteiger partial charge >= 0.3 is 0 Å². The molecule has 0 bridgehead atoms. The van der Waals surface area contributed by atoms with Gasteiger partial charge in [-0.2, -0.15) is 0 Å². The van der Waals surface area contributed by atoms with E-state index >= 15 is 0 Å². The van der Waals surface area contributed by atoms with E-state index in [1.807, 2.05) is 0 Å². The quantitative estimate of drug-likeness (QED) is 0.802. The summed E-state index contributed by atoms with van der Waals surface area (Å²) in [6, 6.07) is 0.000969. The molecule has 2 fully saturated rings. The van der Waals surface area contributed by atoms with Gasteiger partial charge in [-0.3, -0.25) is 10.1 Å². The van der Waals surface area contributed by atoms with Crippen LogP contribution in [0.25, 0.3) is 0 Å². The minimum atomic E-state index is 0.000969. The first-order chi connectivity index (χ1) is 9.13. The van der Waals surface area contributed by atoms with Gasteiger partial charge in [0.25, 0.3) is 0 Å². The normalized spacial score (nSPS) is 31.7. The van der Waals surface area contributed by atoms with Crippen molar-refractivity contribution < 1.29 is 9.53 Å². The number of ether oxygens (including phenoxy) is 1. The molecule has 0 aromatic carbocycles. The number of rotatable bonds is 6. The van der Waals surface area contributed by atoms with Crippen molar-refractivity contribution in [3.05, 3.63) is 0 Å². The van der Waals surface area contributed by atoms with Crippen molar-refractivity contribution >= 4 is 5.91 Å². The van der Waals surface area contributed by atoms with E-state index in [1.54, 1.807) is 0 Å². The van der Waals surface area contributed by atoms with E-state index in [0.29, 0.717) is 12.0 Å². The van der Waals surface area contributed by atoms with Crippen LogP contribution >= 0.6 is 0 Å². The van der Waals surface area contributed by atoms with E-state index in [2.05, 4.69) is 31.0 Å². The number of nitrogens with zero attached hydrogens (tertiary/aromatic N) is 1. The van der Waals surface area contributed by atoms with Crippen LogP contribution in [-0.2, 0) is 9.53 Å². The summed E-state index contributed by atoms with van der Waals surface area (Å²) in [6.07, 6.45) is 6.05. The van der Waals surface area contributed by atoms with E-state index < -0.39 is 0 Å². The number of nitrogens with one attached hydrogen (secondary N) is 1. The van der Waals surface area contributed by atoms with E-state index in [1.165, 1.54) is 6.42 Å². The summed E-state index contributed by atoms with van der Waals surface area (Å²) in [4.78, 5) is 14.5. The first-order valence-electron chi connectivity index (χ1n) is 7.81. The molecule has 19 heavy (non-hydrogen) atoms. The van der Waals surface area contributed by atoms with Crippen LogP contribution in [0, 0.1) is 5.92 Å². The Morgan fingerprint density at radius 3 is 2.79 bits per heavy atom. The molecule has 1 amide bonds. The highest BCUT2D eigenvalue weighted by atomic mass is 16.5. The highest BCUT2D eigenvalue weighted by molar-refractivity contribution is 5.84. The van der Waals surface area contributed by atoms with Crippen molar-refractivity contribution in [1.82, 2.24) is 10.2 Å². The SMILES string of the molecule is CCCC1NC(C(C)C)C(=O)N1CCC1CCCO1. The van der Waals surface area contributed by atoms with Gasteiger partial charge in [-0.25, -0.2) is 0 Å². The molecule has 2 saturated heterocycles. The number of amides is 1. The summed E-state index contributed by atoms with van der Waals surface area (Å²) >= 11 is 0. The number of carbonyl (C=O) groups excluding carboxylic acids is 1. The summed E-state index contributed by atoms with van der Waals surface area (Å²) in [5, 5.41) is 3.50. The molecule has 0 spiro atoms. The smallest absolute Gasteiger partial charge is 0.241 e. The third-order valence-corrected chi connectivity index (χ3v) is 4.24. The van der Waals surface area contributed by atoms with Crippen molar-refractivity contribution in [3.63, 3.8) is 0 Å². The predicted octanol–water partition coefficient (Wildman–Crippen LogP) is 2.14. The van der Waals surface area contributed by atoms with Gasteiger partial charge in [0.05, 0.1) is 18.3 Å². The van der Waals surface area contributed by atoms with E-state index in [0.717, 1.165) is 38.8 Å². The molecule has 0 aromatic rings. The molecule has 4 heteroatoms. The Bertz CT molecular complexity index is 301. The largest absolute Gasteiger partial charge is 0.378 e. The van der Waals surface area contributed by atoms with Crippen LogP contribution in [0.1, 0.15) is 52.9 Å². The average molecular weight is 268 g/mol. The van der Waals surface area contributed by atoms with Gasteiger partial charge in [0.1, 0.15) is 0 Å².